The number of Topliss-reactive ketones (excluding diaryl/α,β-unsaturated/α-hetero) is 1. The number of anilines is 1. The Kier molecular flexibility index (Phi) is 7.09. The highest BCUT2D eigenvalue weighted by Crippen LogP contribution is 2.68. The molecule has 0 aromatic heterocycles. The minimum atomic E-state index is -1.35. The first-order chi connectivity index (χ1) is 17.9. The first-order valence-corrected chi connectivity index (χ1v) is 14.6. The van der Waals surface area contributed by atoms with Crippen molar-refractivity contribution in [3.05, 3.63) is 23.3 Å². The molecule has 0 bridgehead atoms. The van der Waals surface area contributed by atoms with E-state index >= 15 is 0 Å². The molecule has 0 heterocycles. The largest absolute Gasteiger partial charge is 0.507 e. The molecule has 10 atom stereocenters. The van der Waals surface area contributed by atoms with Crippen LogP contribution >= 0.6 is 0 Å². The average molecular weight is 528 g/mol. The number of rotatable bonds is 6. The van der Waals surface area contributed by atoms with Crippen LogP contribution in [0.1, 0.15) is 106 Å². The highest BCUT2D eigenvalue weighted by Gasteiger charge is 2.62. The van der Waals surface area contributed by atoms with E-state index < -0.39 is 17.3 Å². The molecule has 1 aromatic rings. The van der Waals surface area contributed by atoms with E-state index in [0.717, 1.165) is 51.4 Å². The van der Waals surface area contributed by atoms with Crippen LogP contribution in [0, 0.1) is 46.3 Å². The van der Waals surface area contributed by atoms with Gasteiger partial charge in [0.2, 0.25) is 0 Å². The maximum Gasteiger partial charge on any atom is 0.341 e. The number of carboxylic acid groups (broad SMARTS) is 1. The third-order valence-electron chi connectivity index (χ3n) is 12.0. The summed E-state index contributed by atoms with van der Waals surface area (Å²) in [7, 11) is 0. The molecule has 4 fully saturated rings. The Balaban J connectivity index is 1.29. The highest BCUT2D eigenvalue weighted by atomic mass is 16.4. The SMILES string of the molecule is C[C@H](CCC(=O)c1ccc(O)c(C(=O)O)c1N)[C@H]1CC[C@H]2[C@@H]3[C@@H](O)C[C@@H]4C[C@H](O)CC[C@]4(C)[C@H]3CC[C@]12C. The molecule has 5 rings (SSSR count). The number of carbonyl (C=O) groups excluding carboxylic acids is 1. The third-order valence-corrected chi connectivity index (χ3v) is 12.0. The molecule has 0 saturated heterocycles. The van der Waals surface area contributed by atoms with Crippen LogP contribution in [0.5, 0.6) is 5.75 Å². The molecule has 4 saturated carbocycles. The van der Waals surface area contributed by atoms with Gasteiger partial charge < -0.3 is 26.2 Å². The second-order valence-corrected chi connectivity index (χ2v) is 13.6. The fraction of sp³-hybridized carbons (Fsp3) is 0.742. The molecule has 0 unspecified atom stereocenters. The zero-order valence-electron chi connectivity index (χ0n) is 23.0. The molecule has 38 heavy (non-hydrogen) atoms. The van der Waals surface area contributed by atoms with Gasteiger partial charge in [-0.15, -0.1) is 0 Å². The number of hydrogen-bond donors (Lipinski definition) is 5. The molecule has 0 spiro atoms. The molecular weight excluding hydrogens is 482 g/mol. The van der Waals surface area contributed by atoms with Gasteiger partial charge in [-0.05, 0) is 116 Å². The fourth-order valence-corrected chi connectivity index (χ4v) is 9.95. The van der Waals surface area contributed by atoms with Crippen molar-refractivity contribution in [1.82, 2.24) is 0 Å². The van der Waals surface area contributed by atoms with Crippen LogP contribution in [0.3, 0.4) is 0 Å². The van der Waals surface area contributed by atoms with E-state index in [4.69, 9.17) is 5.73 Å². The summed E-state index contributed by atoms with van der Waals surface area (Å²) < 4.78 is 0. The maximum absolute atomic E-state index is 13.1. The molecule has 1 aromatic carbocycles. The van der Waals surface area contributed by atoms with Gasteiger partial charge in [0, 0.05) is 12.0 Å². The lowest BCUT2D eigenvalue weighted by atomic mass is 9.43. The number of nitrogens with two attached hydrogens (primary N) is 1. The lowest BCUT2D eigenvalue weighted by Crippen LogP contribution is -2.58. The maximum atomic E-state index is 13.1. The van der Waals surface area contributed by atoms with E-state index in [1.165, 1.54) is 12.1 Å². The first kappa shape index (κ1) is 27.4. The van der Waals surface area contributed by atoms with Crippen molar-refractivity contribution in [2.24, 2.45) is 46.3 Å². The van der Waals surface area contributed by atoms with E-state index in [1.807, 2.05) is 0 Å². The Labute approximate surface area is 225 Å². The Morgan fingerprint density at radius 2 is 1.71 bits per heavy atom. The standard InChI is InChI=1S/C31H45NO6/c1-16(4-8-23(34)19-5-9-24(35)27(28(19)32)29(37)38)20-6-7-21-26-22(11-13-31(20,21)3)30(2)12-10-18(33)14-17(30)15-25(26)36/h5,9,16-18,20-22,25-26,33,35-36H,4,6-8,10-15,32H2,1-3H3,(H,37,38)/t16-,17+,18-,20-,21+,22+,25+,26+,30+,31-/m1/s1. The van der Waals surface area contributed by atoms with Crippen molar-refractivity contribution < 1.29 is 30.0 Å². The molecule has 4 aliphatic rings. The number of carbonyl (C=O) groups is 2. The van der Waals surface area contributed by atoms with Crippen molar-refractivity contribution in [1.29, 1.82) is 0 Å². The van der Waals surface area contributed by atoms with Gasteiger partial charge in [0.1, 0.15) is 11.3 Å². The Hall–Kier alpha value is -2.12. The Bertz CT molecular complexity index is 1100. The Morgan fingerprint density at radius 1 is 1.03 bits per heavy atom. The predicted molar refractivity (Wildman–Crippen MR) is 145 cm³/mol. The van der Waals surface area contributed by atoms with Crippen molar-refractivity contribution in [3.8, 4) is 5.75 Å². The number of hydrogen-bond acceptors (Lipinski definition) is 6. The number of aromatic carboxylic acids is 1. The minimum absolute atomic E-state index is 0.135. The summed E-state index contributed by atoms with van der Waals surface area (Å²) in [6.07, 6.45) is 8.52. The van der Waals surface area contributed by atoms with Crippen molar-refractivity contribution in [3.63, 3.8) is 0 Å². The smallest absolute Gasteiger partial charge is 0.341 e. The fourth-order valence-electron chi connectivity index (χ4n) is 9.95. The van der Waals surface area contributed by atoms with Gasteiger partial charge in [0.15, 0.2) is 5.78 Å². The molecule has 0 aliphatic heterocycles. The van der Waals surface area contributed by atoms with Crippen LogP contribution in [0.4, 0.5) is 5.69 Å². The van der Waals surface area contributed by atoms with Gasteiger partial charge in [-0.25, -0.2) is 4.79 Å². The van der Waals surface area contributed by atoms with E-state index in [1.54, 1.807) is 0 Å². The first-order valence-electron chi connectivity index (χ1n) is 14.6. The lowest BCUT2D eigenvalue weighted by Gasteiger charge is -2.62. The van der Waals surface area contributed by atoms with Gasteiger partial charge in [-0.3, -0.25) is 4.79 Å². The van der Waals surface area contributed by atoms with Gasteiger partial charge in [-0.1, -0.05) is 20.8 Å². The second kappa shape index (κ2) is 9.81. The van der Waals surface area contributed by atoms with E-state index in [-0.39, 0.29) is 46.5 Å². The van der Waals surface area contributed by atoms with Crippen LogP contribution in [0.25, 0.3) is 0 Å². The molecule has 6 N–H and O–H groups in total. The van der Waals surface area contributed by atoms with Crippen LogP contribution in [-0.4, -0.2) is 44.4 Å². The van der Waals surface area contributed by atoms with Gasteiger partial charge in [0.25, 0.3) is 0 Å². The molecule has 210 valence electrons. The van der Waals surface area contributed by atoms with E-state index in [9.17, 15) is 30.0 Å². The zero-order chi connectivity index (χ0) is 27.6. The van der Waals surface area contributed by atoms with Crippen molar-refractivity contribution >= 4 is 17.4 Å². The normalized spacial score (nSPS) is 41.0. The molecule has 7 nitrogen and oxygen atoms in total. The number of fused-ring (bicyclic) bond motifs is 5. The molecular formula is C31H45NO6. The van der Waals surface area contributed by atoms with Gasteiger partial charge in [-0.2, -0.15) is 0 Å². The summed E-state index contributed by atoms with van der Waals surface area (Å²) in [5.74, 6) is 0.525. The summed E-state index contributed by atoms with van der Waals surface area (Å²) in [5, 5.41) is 41.0. The van der Waals surface area contributed by atoms with Gasteiger partial charge in [0.05, 0.1) is 17.9 Å². The molecule has 7 heteroatoms. The Morgan fingerprint density at radius 3 is 2.42 bits per heavy atom. The molecule has 4 aliphatic carbocycles. The van der Waals surface area contributed by atoms with Crippen LogP contribution in [-0.2, 0) is 0 Å². The number of aliphatic hydroxyl groups is 2. The summed E-state index contributed by atoms with van der Waals surface area (Å²) >= 11 is 0. The number of benzene rings is 1. The average Bonchev–Trinajstić information content (AvgIpc) is 3.20. The minimum Gasteiger partial charge on any atom is -0.507 e. The topological polar surface area (TPSA) is 141 Å². The summed E-state index contributed by atoms with van der Waals surface area (Å²) in [4.78, 5) is 24.5. The summed E-state index contributed by atoms with van der Waals surface area (Å²) in [5.41, 5.74) is 5.88. The van der Waals surface area contributed by atoms with Crippen LogP contribution in [0.2, 0.25) is 0 Å². The second-order valence-electron chi connectivity index (χ2n) is 13.6. The number of phenols is 1. The number of nitrogen functional groups attached to an aromatic ring is 1. The molecule has 0 amide bonds. The number of aliphatic hydroxyl groups excluding tert-OH is 2. The number of carboxylic acids is 1. The predicted octanol–water partition coefficient (Wildman–Crippen LogP) is 5.26. The van der Waals surface area contributed by atoms with E-state index in [2.05, 4.69) is 20.8 Å². The van der Waals surface area contributed by atoms with Crippen molar-refractivity contribution in [2.75, 3.05) is 5.73 Å². The summed E-state index contributed by atoms with van der Waals surface area (Å²) in [6, 6.07) is 2.64. The monoisotopic (exact) mass is 527 g/mol. The quantitative estimate of drug-likeness (QED) is 0.251. The van der Waals surface area contributed by atoms with Crippen LogP contribution in [0.15, 0.2) is 12.1 Å². The van der Waals surface area contributed by atoms with E-state index in [0.29, 0.717) is 41.9 Å². The molecule has 0 radical (unpaired) electrons. The third kappa shape index (κ3) is 4.25. The number of aromatic hydroxyl groups is 1. The lowest BCUT2D eigenvalue weighted by molar-refractivity contribution is -0.174. The summed E-state index contributed by atoms with van der Waals surface area (Å²) in [6.45, 7) is 7.09. The van der Waals surface area contributed by atoms with Gasteiger partial charge >= 0.3 is 5.97 Å². The van der Waals surface area contributed by atoms with Crippen molar-refractivity contribution in [2.45, 2.75) is 97.2 Å². The van der Waals surface area contributed by atoms with Crippen LogP contribution < -0.4 is 5.73 Å². The zero-order valence-corrected chi connectivity index (χ0v) is 23.0. The number of ketones is 1. The highest BCUT2D eigenvalue weighted by molar-refractivity contribution is 6.07.